The summed E-state index contributed by atoms with van der Waals surface area (Å²) in [5, 5.41) is 0. The molecule has 3 spiro atoms. The molecule has 0 radical (unpaired) electrons. The standard InChI is InChI=1S/C31H22N2O6/c1-32-15-29-22(34)20-13-7-8-14-21(20)39-28(29)31(25(37)18-11-5-6-12-19(18)26(31)38)33(2)27(29)30(32)23(35)16-9-3-4-10-17(16)24(30)36/h3-14,27-28H,15H2,1-2H3/t27-,28+,29+/m0/s1. The van der Waals surface area contributed by atoms with Gasteiger partial charge in [-0.1, -0.05) is 60.7 Å². The minimum absolute atomic E-state index is 0.0377. The van der Waals surface area contributed by atoms with Gasteiger partial charge in [0.05, 0.1) is 11.6 Å². The van der Waals surface area contributed by atoms with E-state index in [1.54, 1.807) is 91.8 Å². The van der Waals surface area contributed by atoms with Gasteiger partial charge < -0.3 is 4.74 Å². The van der Waals surface area contributed by atoms with E-state index >= 15 is 0 Å². The van der Waals surface area contributed by atoms with E-state index in [1.807, 2.05) is 0 Å². The molecule has 3 atom stereocenters. The summed E-state index contributed by atoms with van der Waals surface area (Å²) >= 11 is 0. The third-order valence-electron chi connectivity index (χ3n) is 9.79. The number of ether oxygens (including phenoxy) is 1. The van der Waals surface area contributed by atoms with Crippen molar-refractivity contribution in [2.45, 2.75) is 23.2 Å². The highest BCUT2D eigenvalue weighted by atomic mass is 16.5. The van der Waals surface area contributed by atoms with Crippen LogP contribution in [0.5, 0.6) is 5.75 Å². The molecule has 3 aromatic rings. The number of Topliss-reactive ketones (excluding diaryl/α,β-unsaturated/α-hetero) is 5. The average molecular weight is 519 g/mol. The fraction of sp³-hybridized carbons (Fsp3) is 0.258. The van der Waals surface area contributed by atoms with Crippen LogP contribution in [-0.4, -0.2) is 82.6 Å². The topological polar surface area (TPSA) is 101 Å². The second kappa shape index (κ2) is 6.83. The first-order chi connectivity index (χ1) is 18.7. The highest BCUT2D eigenvalue weighted by Gasteiger charge is 2.87. The summed E-state index contributed by atoms with van der Waals surface area (Å²) in [6.07, 6.45) is -1.25. The van der Waals surface area contributed by atoms with Crippen molar-refractivity contribution in [3.63, 3.8) is 0 Å². The maximum atomic E-state index is 14.7. The summed E-state index contributed by atoms with van der Waals surface area (Å²) in [6.45, 7) is -0.0377. The van der Waals surface area contributed by atoms with Crippen molar-refractivity contribution in [1.82, 2.24) is 9.80 Å². The number of rotatable bonds is 0. The van der Waals surface area contributed by atoms with Gasteiger partial charge in [-0.25, -0.2) is 0 Å². The Morgan fingerprint density at radius 2 is 1.05 bits per heavy atom. The Hall–Kier alpha value is -4.27. The Morgan fingerprint density at radius 3 is 1.56 bits per heavy atom. The second-order valence-electron chi connectivity index (χ2n) is 11.2. The first-order valence-corrected chi connectivity index (χ1v) is 12.9. The number of hydrogen-bond donors (Lipinski definition) is 0. The van der Waals surface area contributed by atoms with Crippen molar-refractivity contribution in [2.24, 2.45) is 5.41 Å². The lowest BCUT2D eigenvalue weighted by Crippen LogP contribution is -2.67. The molecule has 8 rings (SSSR count). The molecular formula is C31H22N2O6. The van der Waals surface area contributed by atoms with E-state index in [-0.39, 0.29) is 40.3 Å². The van der Waals surface area contributed by atoms with Crippen LogP contribution in [0.4, 0.5) is 0 Å². The van der Waals surface area contributed by atoms with Crippen LogP contribution < -0.4 is 4.74 Å². The van der Waals surface area contributed by atoms with Gasteiger partial charge >= 0.3 is 0 Å². The van der Waals surface area contributed by atoms with Crippen LogP contribution in [0.3, 0.4) is 0 Å². The van der Waals surface area contributed by atoms with Crippen molar-refractivity contribution < 1.29 is 28.7 Å². The first-order valence-electron chi connectivity index (χ1n) is 12.9. The van der Waals surface area contributed by atoms with Gasteiger partial charge in [0.2, 0.25) is 0 Å². The lowest BCUT2D eigenvalue weighted by molar-refractivity contribution is 0.00734. The van der Waals surface area contributed by atoms with Gasteiger partial charge in [0.25, 0.3) is 0 Å². The quantitative estimate of drug-likeness (QED) is 0.419. The molecule has 39 heavy (non-hydrogen) atoms. The largest absolute Gasteiger partial charge is 0.486 e. The number of nitrogens with zero attached hydrogens (tertiary/aromatic N) is 2. The molecule has 3 heterocycles. The molecule has 3 aromatic carbocycles. The summed E-state index contributed by atoms with van der Waals surface area (Å²) < 4.78 is 6.56. The van der Waals surface area contributed by atoms with Gasteiger partial charge in [-0.3, -0.25) is 33.8 Å². The number of carbonyl (C=O) groups excluding carboxylic acids is 5. The van der Waals surface area contributed by atoms with E-state index in [4.69, 9.17) is 4.74 Å². The molecule has 0 unspecified atom stereocenters. The number of likely N-dealkylation sites (tertiary alicyclic amines) is 2. The molecule has 2 saturated heterocycles. The summed E-state index contributed by atoms with van der Waals surface area (Å²) in [5.41, 5.74) is -3.92. The molecule has 0 aromatic heterocycles. The summed E-state index contributed by atoms with van der Waals surface area (Å²) in [7, 11) is 3.24. The van der Waals surface area contributed by atoms with Crippen LogP contribution in [0.2, 0.25) is 0 Å². The fourth-order valence-corrected chi connectivity index (χ4v) is 8.38. The number of hydrogen-bond acceptors (Lipinski definition) is 8. The molecular weight excluding hydrogens is 496 g/mol. The minimum Gasteiger partial charge on any atom is -0.486 e. The lowest BCUT2D eigenvalue weighted by atomic mass is 9.65. The number of fused-ring (bicyclic) bond motifs is 5. The van der Waals surface area contributed by atoms with Crippen LogP contribution in [0.1, 0.15) is 51.8 Å². The average Bonchev–Trinajstić information content (AvgIpc) is 3.53. The van der Waals surface area contributed by atoms with Gasteiger partial charge in [-0.2, -0.15) is 0 Å². The van der Waals surface area contributed by atoms with E-state index in [0.29, 0.717) is 5.56 Å². The van der Waals surface area contributed by atoms with E-state index in [9.17, 15) is 24.0 Å². The molecule has 0 amide bonds. The van der Waals surface area contributed by atoms with Gasteiger partial charge in [0.1, 0.15) is 17.3 Å². The van der Waals surface area contributed by atoms with E-state index in [0.717, 1.165) is 0 Å². The number of ketones is 5. The van der Waals surface area contributed by atoms with Crippen LogP contribution in [0.15, 0.2) is 72.8 Å². The zero-order chi connectivity index (χ0) is 27.1. The fourth-order valence-electron chi connectivity index (χ4n) is 8.38. The smallest absolute Gasteiger partial charge is 0.195 e. The van der Waals surface area contributed by atoms with Crippen molar-refractivity contribution in [3.8, 4) is 5.75 Å². The lowest BCUT2D eigenvalue weighted by Gasteiger charge is -2.42. The van der Waals surface area contributed by atoms with Crippen molar-refractivity contribution in [3.05, 3.63) is 101 Å². The van der Waals surface area contributed by atoms with Crippen LogP contribution >= 0.6 is 0 Å². The molecule has 8 heteroatoms. The molecule has 5 aliphatic rings. The number of likely N-dealkylation sites (N-methyl/N-ethyl adjacent to an activating group) is 2. The molecule has 0 N–H and O–H groups in total. The molecule has 8 nitrogen and oxygen atoms in total. The molecule has 0 saturated carbocycles. The zero-order valence-corrected chi connectivity index (χ0v) is 21.1. The van der Waals surface area contributed by atoms with Gasteiger partial charge in [-0.05, 0) is 26.2 Å². The minimum atomic E-state index is -1.92. The predicted octanol–water partition coefficient (Wildman–Crippen LogP) is 2.51. The Labute approximate surface area is 223 Å². The third-order valence-corrected chi connectivity index (χ3v) is 9.79. The Bertz CT molecular complexity index is 1670. The summed E-state index contributed by atoms with van der Waals surface area (Å²) in [6, 6.07) is 18.8. The molecule has 192 valence electrons. The SMILES string of the molecule is CN1C[C@]23C(=O)c4ccccc4O[C@H]2C2(C(=O)c4ccccc4C2=O)N(C)[C@@H]3C12C(=O)c1ccccc1C2=O. The maximum Gasteiger partial charge on any atom is 0.195 e. The van der Waals surface area contributed by atoms with Gasteiger partial charge in [-0.15, -0.1) is 0 Å². The highest BCUT2D eigenvalue weighted by molar-refractivity contribution is 6.37. The number of benzene rings is 3. The normalized spacial score (nSPS) is 29.4. The zero-order valence-electron chi connectivity index (χ0n) is 21.1. The Kier molecular flexibility index (Phi) is 3.97. The van der Waals surface area contributed by atoms with Crippen molar-refractivity contribution in [1.29, 1.82) is 0 Å². The van der Waals surface area contributed by atoms with Crippen LogP contribution in [-0.2, 0) is 0 Å². The van der Waals surface area contributed by atoms with Gasteiger partial charge in [0.15, 0.2) is 40.0 Å². The van der Waals surface area contributed by atoms with Crippen LogP contribution in [0, 0.1) is 5.41 Å². The van der Waals surface area contributed by atoms with E-state index in [2.05, 4.69) is 0 Å². The molecule has 2 fully saturated rings. The summed E-state index contributed by atoms with van der Waals surface area (Å²) in [5.74, 6) is -1.89. The maximum absolute atomic E-state index is 14.7. The predicted molar refractivity (Wildman–Crippen MR) is 137 cm³/mol. The second-order valence-corrected chi connectivity index (χ2v) is 11.2. The van der Waals surface area contributed by atoms with Crippen LogP contribution in [0.25, 0.3) is 0 Å². The Morgan fingerprint density at radius 1 is 0.615 bits per heavy atom. The van der Waals surface area contributed by atoms with Gasteiger partial charge in [0, 0.05) is 28.8 Å². The first kappa shape index (κ1) is 22.7. The van der Waals surface area contributed by atoms with E-state index < -0.39 is 51.8 Å². The third kappa shape index (κ3) is 2.08. The monoisotopic (exact) mass is 518 g/mol. The highest BCUT2D eigenvalue weighted by Crippen LogP contribution is 2.64. The summed E-state index contributed by atoms with van der Waals surface area (Å²) in [4.78, 5) is 75.2. The van der Waals surface area contributed by atoms with Crippen molar-refractivity contribution in [2.75, 3.05) is 20.6 Å². The molecule has 3 aliphatic heterocycles. The van der Waals surface area contributed by atoms with Crippen molar-refractivity contribution >= 4 is 28.9 Å². The molecule has 2 aliphatic carbocycles. The molecule has 0 bridgehead atoms. The number of carbonyl (C=O) groups is 5. The van der Waals surface area contributed by atoms with E-state index in [1.165, 1.54) is 4.90 Å². The Balaban J connectivity index is 1.46. The number of para-hydroxylation sites is 1.